The summed E-state index contributed by atoms with van der Waals surface area (Å²) in [4.78, 5) is 26.7. The summed E-state index contributed by atoms with van der Waals surface area (Å²) in [6.07, 6.45) is 5.04. The molecule has 0 aliphatic heterocycles. The standard InChI is InChI=1S/C24H26N2O6S/c1-5-32-24(28)21-16-8-6-7-9-20(16)33-23(21)26-22(27)15(13-25)10-14-11-18(30-3)19(31-4)12-17(14)29-2/h10-12H,5-9H2,1-4H3,(H,26,27). The van der Waals surface area contributed by atoms with E-state index in [9.17, 15) is 14.9 Å². The molecule has 0 spiro atoms. The molecule has 0 radical (unpaired) electrons. The van der Waals surface area contributed by atoms with Crippen molar-refractivity contribution >= 4 is 34.3 Å². The number of nitrogens with one attached hydrogen (secondary N) is 1. The fourth-order valence-electron chi connectivity index (χ4n) is 3.71. The van der Waals surface area contributed by atoms with E-state index in [1.807, 2.05) is 6.07 Å². The maximum Gasteiger partial charge on any atom is 0.341 e. The van der Waals surface area contributed by atoms with Crippen molar-refractivity contribution < 1.29 is 28.5 Å². The number of anilines is 1. The Kier molecular flexibility index (Phi) is 7.96. The molecule has 1 N–H and O–H groups in total. The largest absolute Gasteiger partial charge is 0.496 e. The maximum absolute atomic E-state index is 13.0. The van der Waals surface area contributed by atoms with Gasteiger partial charge in [0.1, 0.15) is 22.4 Å². The van der Waals surface area contributed by atoms with Crippen LogP contribution in [0.1, 0.15) is 46.1 Å². The number of benzene rings is 1. The van der Waals surface area contributed by atoms with E-state index in [1.54, 1.807) is 19.1 Å². The number of nitriles is 1. The molecular formula is C24H26N2O6S. The highest BCUT2D eigenvalue weighted by molar-refractivity contribution is 7.17. The predicted octanol–water partition coefficient (Wildman–Crippen LogP) is 4.38. The van der Waals surface area contributed by atoms with Gasteiger partial charge >= 0.3 is 5.97 Å². The first kappa shape index (κ1) is 24.1. The zero-order valence-electron chi connectivity index (χ0n) is 19.1. The van der Waals surface area contributed by atoms with Gasteiger partial charge in [0, 0.05) is 16.5 Å². The van der Waals surface area contributed by atoms with Crippen LogP contribution >= 0.6 is 11.3 Å². The van der Waals surface area contributed by atoms with Gasteiger partial charge in [-0.1, -0.05) is 0 Å². The summed E-state index contributed by atoms with van der Waals surface area (Å²) < 4.78 is 21.2. The van der Waals surface area contributed by atoms with Crippen LogP contribution in [0.3, 0.4) is 0 Å². The minimum Gasteiger partial charge on any atom is -0.496 e. The van der Waals surface area contributed by atoms with Gasteiger partial charge in [-0.3, -0.25) is 4.79 Å². The van der Waals surface area contributed by atoms with Crippen molar-refractivity contribution in [3.63, 3.8) is 0 Å². The Hall–Kier alpha value is -3.51. The molecule has 1 aromatic carbocycles. The lowest BCUT2D eigenvalue weighted by atomic mass is 9.95. The molecule has 1 aliphatic rings. The highest BCUT2D eigenvalue weighted by Gasteiger charge is 2.28. The fraction of sp³-hybridized carbons (Fsp3) is 0.375. The van der Waals surface area contributed by atoms with E-state index in [0.717, 1.165) is 36.1 Å². The number of thiophene rings is 1. The summed E-state index contributed by atoms with van der Waals surface area (Å²) in [7, 11) is 4.47. The normalized spacial score (nSPS) is 12.9. The van der Waals surface area contributed by atoms with Crippen molar-refractivity contribution in [2.75, 3.05) is 33.3 Å². The zero-order chi connectivity index (χ0) is 24.0. The van der Waals surface area contributed by atoms with Crippen molar-refractivity contribution in [3.05, 3.63) is 39.3 Å². The molecule has 33 heavy (non-hydrogen) atoms. The summed E-state index contributed by atoms with van der Waals surface area (Å²) in [5.41, 5.74) is 1.65. The fourth-order valence-corrected chi connectivity index (χ4v) is 4.99. The summed E-state index contributed by atoms with van der Waals surface area (Å²) in [5, 5.41) is 12.9. The zero-order valence-corrected chi connectivity index (χ0v) is 19.9. The molecule has 1 amide bonds. The van der Waals surface area contributed by atoms with E-state index >= 15 is 0 Å². The first-order valence-corrected chi connectivity index (χ1v) is 11.3. The number of hydrogen-bond acceptors (Lipinski definition) is 8. The molecule has 1 aromatic heterocycles. The first-order chi connectivity index (χ1) is 16.0. The maximum atomic E-state index is 13.0. The van der Waals surface area contributed by atoms with E-state index in [0.29, 0.717) is 33.4 Å². The first-order valence-electron chi connectivity index (χ1n) is 10.5. The van der Waals surface area contributed by atoms with Crippen LogP contribution in [-0.4, -0.2) is 39.8 Å². The van der Waals surface area contributed by atoms with Gasteiger partial charge in [-0.05, 0) is 50.3 Å². The molecule has 0 saturated heterocycles. The van der Waals surface area contributed by atoms with E-state index in [2.05, 4.69) is 5.32 Å². The van der Waals surface area contributed by atoms with Gasteiger partial charge in [0.05, 0.1) is 33.5 Å². The molecule has 2 aromatic rings. The average Bonchev–Trinajstić information content (AvgIpc) is 3.19. The van der Waals surface area contributed by atoms with Gasteiger partial charge in [0.2, 0.25) is 0 Å². The average molecular weight is 471 g/mol. The number of carbonyl (C=O) groups excluding carboxylic acids is 2. The molecule has 1 aliphatic carbocycles. The Morgan fingerprint density at radius 3 is 2.39 bits per heavy atom. The van der Waals surface area contributed by atoms with Gasteiger partial charge in [-0.2, -0.15) is 5.26 Å². The Morgan fingerprint density at radius 1 is 1.09 bits per heavy atom. The summed E-state index contributed by atoms with van der Waals surface area (Å²) in [5.74, 6) is 0.206. The summed E-state index contributed by atoms with van der Waals surface area (Å²) in [6, 6.07) is 5.17. The molecule has 9 heteroatoms. The monoisotopic (exact) mass is 470 g/mol. The van der Waals surface area contributed by atoms with E-state index in [1.165, 1.54) is 38.7 Å². The third-order valence-electron chi connectivity index (χ3n) is 5.28. The number of ether oxygens (including phenoxy) is 4. The molecule has 3 rings (SSSR count). The lowest BCUT2D eigenvalue weighted by Gasteiger charge is -2.13. The topological polar surface area (TPSA) is 107 Å². The van der Waals surface area contributed by atoms with Gasteiger partial charge in [0.25, 0.3) is 5.91 Å². The predicted molar refractivity (Wildman–Crippen MR) is 125 cm³/mol. The van der Waals surface area contributed by atoms with Crippen LogP contribution in [0.5, 0.6) is 17.2 Å². The van der Waals surface area contributed by atoms with Gasteiger partial charge < -0.3 is 24.3 Å². The smallest absolute Gasteiger partial charge is 0.341 e. The molecule has 0 saturated carbocycles. The number of fused-ring (bicyclic) bond motifs is 1. The molecule has 0 unspecified atom stereocenters. The number of esters is 1. The molecule has 1 heterocycles. The number of hydrogen-bond donors (Lipinski definition) is 1. The highest BCUT2D eigenvalue weighted by atomic mass is 32.1. The van der Waals surface area contributed by atoms with Crippen molar-refractivity contribution in [2.24, 2.45) is 0 Å². The molecule has 8 nitrogen and oxygen atoms in total. The summed E-state index contributed by atoms with van der Waals surface area (Å²) in [6.45, 7) is 1.97. The van der Waals surface area contributed by atoms with Crippen LogP contribution < -0.4 is 19.5 Å². The third-order valence-corrected chi connectivity index (χ3v) is 6.49. The van der Waals surface area contributed by atoms with Crippen molar-refractivity contribution in [2.45, 2.75) is 32.6 Å². The second kappa shape index (κ2) is 10.9. The Labute approximate surface area is 196 Å². The van der Waals surface area contributed by atoms with Crippen molar-refractivity contribution in [3.8, 4) is 23.3 Å². The number of aryl methyl sites for hydroxylation is 1. The lowest BCUT2D eigenvalue weighted by Crippen LogP contribution is -2.16. The van der Waals surface area contributed by atoms with Gasteiger partial charge in [0.15, 0.2) is 11.5 Å². The lowest BCUT2D eigenvalue weighted by molar-refractivity contribution is -0.112. The SMILES string of the molecule is CCOC(=O)c1c(NC(=O)C(C#N)=Cc2cc(OC)c(OC)cc2OC)sc2c1CCCC2. The third kappa shape index (κ3) is 5.12. The molecule has 174 valence electrons. The van der Waals surface area contributed by atoms with Crippen LogP contribution in [0.2, 0.25) is 0 Å². The molecular weight excluding hydrogens is 444 g/mol. The molecule has 0 fully saturated rings. The van der Waals surface area contributed by atoms with Gasteiger partial charge in [-0.15, -0.1) is 11.3 Å². The van der Waals surface area contributed by atoms with Gasteiger partial charge in [-0.25, -0.2) is 4.79 Å². The number of amides is 1. The second-order valence-corrected chi connectivity index (χ2v) is 8.31. The van der Waals surface area contributed by atoms with Crippen LogP contribution in [0, 0.1) is 11.3 Å². The van der Waals surface area contributed by atoms with Crippen molar-refractivity contribution in [1.82, 2.24) is 0 Å². The van der Waals surface area contributed by atoms with E-state index in [-0.39, 0.29) is 12.2 Å². The number of methoxy groups -OCH3 is 3. The van der Waals surface area contributed by atoms with Crippen LogP contribution in [0.25, 0.3) is 6.08 Å². The van der Waals surface area contributed by atoms with E-state index in [4.69, 9.17) is 18.9 Å². The minimum absolute atomic E-state index is 0.151. The molecule has 0 bridgehead atoms. The Bertz CT molecular complexity index is 1130. The number of carbonyl (C=O) groups is 2. The quantitative estimate of drug-likeness (QED) is 0.347. The van der Waals surface area contributed by atoms with E-state index < -0.39 is 11.9 Å². The van der Waals surface area contributed by atoms with Crippen molar-refractivity contribution in [1.29, 1.82) is 5.26 Å². The molecule has 0 atom stereocenters. The summed E-state index contributed by atoms with van der Waals surface area (Å²) >= 11 is 1.37. The Morgan fingerprint density at radius 2 is 1.76 bits per heavy atom. The van der Waals surface area contributed by atoms with Crippen LogP contribution in [-0.2, 0) is 22.4 Å². The van der Waals surface area contributed by atoms with Crippen LogP contribution in [0.4, 0.5) is 5.00 Å². The second-order valence-electron chi connectivity index (χ2n) is 7.21. The van der Waals surface area contributed by atoms with Crippen LogP contribution in [0.15, 0.2) is 17.7 Å². The number of nitrogens with zero attached hydrogens (tertiary/aromatic N) is 1. The minimum atomic E-state index is -0.626. The number of rotatable bonds is 8. The Balaban J connectivity index is 1.97. The highest BCUT2D eigenvalue weighted by Crippen LogP contribution is 2.39.